The fourth-order valence-corrected chi connectivity index (χ4v) is 5.07. The molecule has 188 valence electrons. The largest absolute Gasteiger partial charge is 0.486 e. The summed E-state index contributed by atoms with van der Waals surface area (Å²) < 4.78 is 25.0. The van der Waals surface area contributed by atoms with Gasteiger partial charge in [0.15, 0.2) is 11.5 Å². The maximum atomic E-state index is 13.6. The number of hydrogen-bond donors (Lipinski definition) is 1. The Morgan fingerprint density at radius 2 is 1.69 bits per heavy atom. The van der Waals surface area contributed by atoms with Gasteiger partial charge < -0.3 is 19.7 Å². The lowest BCUT2D eigenvalue weighted by atomic mass is 9.92. The van der Waals surface area contributed by atoms with Crippen molar-refractivity contribution >= 4 is 5.91 Å². The van der Waals surface area contributed by atoms with E-state index in [4.69, 9.17) is 9.47 Å². The summed E-state index contributed by atoms with van der Waals surface area (Å²) >= 11 is 0. The third-order valence-electron chi connectivity index (χ3n) is 7.17. The zero-order valence-corrected chi connectivity index (χ0v) is 20.7. The predicted molar refractivity (Wildman–Crippen MR) is 139 cm³/mol. The lowest BCUT2D eigenvalue weighted by molar-refractivity contribution is -0.121. The van der Waals surface area contributed by atoms with Gasteiger partial charge in [-0.05, 0) is 72.5 Å². The molecule has 0 spiro atoms. The van der Waals surface area contributed by atoms with Crippen LogP contribution < -0.4 is 14.8 Å². The van der Waals surface area contributed by atoms with Crippen molar-refractivity contribution in [2.24, 2.45) is 0 Å². The van der Waals surface area contributed by atoms with Gasteiger partial charge in [0, 0.05) is 18.5 Å². The molecule has 1 fully saturated rings. The third-order valence-corrected chi connectivity index (χ3v) is 7.17. The molecular weight excluding hydrogens is 455 g/mol. The third kappa shape index (κ3) is 5.88. The standard InChI is InChI=1S/C30H33FN2O3/c1-21(24-11-12-28-29(19-24)36-16-15-35-28)27(20-33-13-2-3-14-33)32-30(34)17-22-7-9-23(10-8-22)25-5-4-6-26(31)18-25/h4-12,18-19,21,27H,2-3,13-17,20H2,1H3,(H,32,34). The highest BCUT2D eigenvalue weighted by Gasteiger charge is 2.26. The Hall–Kier alpha value is -3.38. The number of fused-ring (bicyclic) bond motifs is 1. The van der Waals surface area contributed by atoms with E-state index in [1.807, 2.05) is 42.5 Å². The molecule has 3 aromatic carbocycles. The monoisotopic (exact) mass is 488 g/mol. The van der Waals surface area contributed by atoms with Crippen LogP contribution in [0.4, 0.5) is 4.39 Å². The molecule has 0 aliphatic carbocycles. The number of benzene rings is 3. The molecule has 3 aromatic rings. The Morgan fingerprint density at radius 1 is 0.944 bits per heavy atom. The highest BCUT2D eigenvalue weighted by atomic mass is 19.1. The average molecular weight is 489 g/mol. The van der Waals surface area contributed by atoms with E-state index < -0.39 is 0 Å². The Bertz CT molecular complexity index is 1190. The van der Waals surface area contributed by atoms with Gasteiger partial charge in [0.25, 0.3) is 0 Å². The van der Waals surface area contributed by atoms with Crippen LogP contribution in [-0.2, 0) is 11.2 Å². The second-order valence-corrected chi connectivity index (χ2v) is 9.76. The minimum absolute atomic E-state index is 0.00194. The van der Waals surface area contributed by atoms with Crippen LogP contribution in [-0.4, -0.2) is 49.7 Å². The molecule has 2 atom stereocenters. The van der Waals surface area contributed by atoms with Crippen LogP contribution in [0.15, 0.2) is 66.7 Å². The molecule has 2 heterocycles. The molecular formula is C30H33FN2O3. The Balaban J connectivity index is 1.27. The van der Waals surface area contributed by atoms with Crippen molar-refractivity contribution in [2.75, 3.05) is 32.8 Å². The molecule has 2 aliphatic rings. The molecule has 0 bridgehead atoms. The zero-order valence-electron chi connectivity index (χ0n) is 20.7. The summed E-state index contributed by atoms with van der Waals surface area (Å²) in [5.41, 5.74) is 3.81. The van der Waals surface area contributed by atoms with Crippen molar-refractivity contribution in [3.8, 4) is 22.6 Å². The van der Waals surface area contributed by atoms with Gasteiger partial charge in [0.1, 0.15) is 19.0 Å². The van der Waals surface area contributed by atoms with Crippen LogP contribution in [0.25, 0.3) is 11.1 Å². The van der Waals surface area contributed by atoms with Gasteiger partial charge >= 0.3 is 0 Å². The summed E-state index contributed by atoms with van der Waals surface area (Å²) in [5, 5.41) is 3.32. The molecule has 0 aromatic heterocycles. The molecule has 2 unspecified atom stereocenters. The van der Waals surface area contributed by atoms with E-state index in [1.165, 1.54) is 25.0 Å². The van der Waals surface area contributed by atoms with Crippen LogP contribution >= 0.6 is 0 Å². The number of carbonyl (C=O) groups excluding carboxylic acids is 1. The minimum Gasteiger partial charge on any atom is -0.486 e. The van der Waals surface area contributed by atoms with Gasteiger partial charge in [-0.3, -0.25) is 4.79 Å². The van der Waals surface area contributed by atoms with Gasteiger partial charge in [-0.1, -0.05) is 49.4 Å². The number of rotatable bonds is 8. The molecule has 0 saturated carbocycles. The minimum atomic E-state index is -0.257. The summed E-state index contributed by atoms with van der Waals surface area (Å²) in [7, 11) is 0. The normalized spacial score (nSPS) is 16.9. The van der Waals surface area contributed by atoms with Crippen LogP contribution in [0, 0.1) is 5.82 Å². The molecule has 0 radical (unpaired) electrons. The van der Waals surface area contributed by atoms with Crippen molar-refractivity contribution in [3.63, 3.8) is 0 Å². The van der Waals surface area contributed by atoms with Crippen LogP contribution in [0.5, 0.6) is 11.5 Å². The first-order chi connectivity index (χ1) is 17.5. The highest BCUT2D eigenvalue weighted by molar-refractivity contribution is 5.79. The number of amides is 1. The predicted octanol–water partition coefficient (Wildman–Crippen LogP) is 5.19. The first-order valence-electron chi connectivity index (χ1n) is 12.8. The van der Waals surface area contributed by atoms with Crippen LogP contribution in [0.2, 0.25) is 0 Å². The Kier molecular flexibility index (Phi) is 7.52. The van der Waals surface area contributed by atoms with Crippen LogP contribution in [0.3, 0.4) is 0 Å². The number of carbonyl (C=O) groups is 1. The lowest BCUT2D eigenvalue weighted by Gasteiger charge is -2.30. The molecule has 1 N–H and O–H groups in total. The second kappa shape index (κ2) is 11.1. The number of likely N-dealkylation sites (tertiary alicyclic amines) is 1. The van der Waals surface area contributed by atoms with Gasteiger partial charge in [0.05, 0.1) is 6.42 Å². The number of nitrogens with one attached hydrogen (secondary N) is 1. The molecule has 2 aliphatic heterocycles. The summed E-state index contributed by atoms with van der Waals surface area (Å²) in [4.78, 5) is 15.6. The zero-order chi connectivity index (χ0) is 24.9. The molecule has 1 saturated heterocycles. The summed E-state index contributed by atoms with van der Waals surface area (Å²) in [6, 6.07) is 20.4. The van der Waals surface area contributed by atoms with Gasteiger partial charge in [-0.2, -0.15) is 0 Å². The molecule has 36 heavy (non-hydrogen) atoms. The molecule has 5 rings (SSSR count). The fraction of sp³-hybridized carbons (Fsp3) is 0.367. The van der Waals surface area contributed by atoms with E-state index in [0.29, 0.717) is 19.6 Å². The average Bonchev–Trinajstić information content (AvgIpc) is 3.41. The number of hydrogen-bond acceptors (Lipinski definition) is 4. The van der Waals surface area contributed by atoms with E-state index in [1.54, 1.807) is 6.07 Å². The number of halogens is 1. The van der Waals surface area contributed by atoms with Gasteiger partial charge in [0.2, 0.25) is 5.91 Å². The first kappa shape index (κ1) is 24.3. The number of nitrogens with zero attached hydrogens (tertiary/aromatic N) is 1. The Morgan fingerprint density at radius 3 is 2.44 bits per heavy atom. The summed E-state index contributed by atoms with van der Waals surface area (Å²) in [6.07, 6.45) is 2.71. The molecule has 5 nitrogen and oxygen atoms in total. The summed E-state index contributed by atoms with van der Waals surface area (Å²) in [6.45, 7) is 6.25. The van der Waals surface area contributed by atoms with E-state index in [-0.39, 0.29) is 23.7 Å². The lowest BCUT2D eigenvalue weighted by Crippen LogP contribution is -2.46. The quantitative estimate of drug-likeness (QED) is 0.474. The molecule has 1 amide bonds. The van der Waals surface area contributed by atoms with Crippen molar-refractivity contribution in [2.45, 2.75) is 38.1 Å². The topological polar surface area (TPSA) is 50.8 Å². The van der Waals surface area contributed by atoms with E-state index in [9.17, 15) is 9.18 Å². The van der Waals surface area contributed by atoms with Crippen LogP contribution in [0.1, 0.15) is 36.8 Å². The van der Waals surface area contributed by atoms with E-state index in [2.05, 4.69) is 23.2 Å². The van der Waals surface area contributed by atoms with E-state index >= 15 is 0 Å². The smallest absolute Gasteiger partial charge is 0.224 e. The maximum Gasteiger partial charge on any atom is 0.224 e. The highest BCUT2D eigenvalue weighted by Crippen LogP contribution is 2.34. The molecule has 6 heteroatoms. The number of ether oxygens (including phenoxy) is 2. The van der Waals surface area contributed by atoms with Crippen molar-refractivity contribution < 1.29 is 18.7 Å². The van der Waals surface area contributed by atoms with Crippen molar-refractivity contribution in [1.29, 1.82) is 0 Å². The van der Waals surface area contributed by atoms with E-state index in [0.717, 1.165) is 53.4 Å². The SMILES string of the molecule is CC(c1ccc2c(c1)OCCO2)C(CN1CCCC1)NC(=O)Cc1ccc(-c2cccc(F)c2)cc1. The first-order valence-corrected chi connectivity index (χ1v) is 12.8. The fourth-order valence-electron chi connectivity index (χ4n) is 5.07. The second-order valence-electron chi connectivity index (χ2n) is 9.76. The van der Waals surface area contributed by atoms with Crippen molar-refractivity contribution in [3.05, 3.63) is 83.7 Å². The maximum absolute atomic E-state index is 13.6. The summed E-state index contributed by atoms with van der Waals surface area (Å²) in [5.74, 6) is 1.41. The van der Waals surface area contributed by atoms with Gasteiger partial charge in [-0.15, -0.1) is 0 Å². The Labute approximate surface area is 212 Å². The van der Waals surface area contributed by atoms with Crippen molar-refractivity contribution in [1.82, 2.24) is 10.2 Å². The van der Waals surface area contributed by atoms with Gasteiger partial charge in [-0.25, -0.2) is 4.39 Å².